The first-order chi connectivity index (χ1) is 13.9. The van der Waals surface area contributed by atoms with Gasteiger partial charge in [0.25, 0.3) is 0 Å². The molecule has 30 heavy (non-hydrogen) atoms. The van der Waals surface area contributed by atoms with E-state index in [1.807, 2.05) is 0 Å². The van der Waals surface area contributed by atoms with E-state index in [0.717, 1.165) is 12.1 Å². The Labute approximate surface area is 177 Å². The SMILES string of the molecule is O=S(=O)(NC1CCOCC1)c1cc(S(=O)(=O)c2cccc(Cl)c2)ccc1C(F)(F)F. The van der Waals surface area contributed by atoms with Gasteiger partial charge in [-0.15, -0.1) is 0 Å². The Morgan fingerprint density at radius 2 is 1.60 bits per heavy atom. The van der Waals surface area contributed by atoms with E-state index in [1.165, 1.54) is 18.2 Å². The van der Waals surface area contributed by atoms with Gasteiger partial charge in [-0.2, -0.15) is 13.2 Å². The van der Waals surface area contributed by atoms with E-state index in [0.29, 0.717) is 25.0 Å². The van der Waals surface area contributed by atoms with Crippen molar-refractivity contribution in [3.63, 3.8) is 0 Å². The average Bonchev–Trinajstić information content (AvgIpc) is 2.67. The number of hydrogen-bond donors (Lipinski definition) is 1. The second-order valence-electron chi connectivity index (χ2n) is 6.62. The maximum absolute atomic E-state index is 13.5. The first-order valence-electron chi connectivity index (χ1n) is 8.73. The van der Waals surface area contributed by atoms with Crippen LogP contribution in [0.4, 0.5) is 13.2 Å². The van der Waals surface area contributed by atoms with Crippen LogP contribution >= 0.6 is 11.6 Å². The van der Waals surface area contributed by atoms with Crippen molar-refractivity contribution in [3.8, 4) is 0 Å². The van der Waals surface area contributed by atoms with Crippen molar-refractivity contribution in [2.75, 3.05) is 13.2 Å². The van der Waals surface area contributed by atoms with Crippen molar-refractivity contribution in [3.05, 3.63) is 53.1 Å². The van der Waals surface area contributed by atoms with Gasteiger partial charge in [-0.05, 0) is 49.2 Å². The van der Waals surface area contributed by atoms with Crippen LogP contribution in [0.1, 0.15) is 18.4 Å². The highest BCUT2D eigenvalue weighted by Gasteiger charge is 2.39. The Hall–Kier alpha value is -1.66. The lowest BCUT2D eigenvalue weighted by Crippen LogP contribution is -2.39. The first kappa shape index (κ1) is 23.0. The van der Waals surface area contributed by atoms with Crippen LogP contribution in [0.15, 0.2) is 57.2 Å². The highest BCUT2D eigenvalue weighted by molar-refractivity contribution is 7.91. The lowest BCUT2D eigenvalue weighted by Gasteiger charge is -2.24. The third kappa shape index (κ3) is 4.97. The molecular formula is C18H17ClF3NO5S2. The van der Waals surface area contributed by atoms with Crippen molar-refractivity contribution in [1.29, 1.82) is 0 Å². The molecule has 164 valence electrons. The summed E-state index contributed by atoms with van der Waals surface area (Å²) >= 11 is 5.81. The number of alkyl halides is 3. The van der Waals surface area contributed by atoms with Crippen molar-refractivity contribution >= 4 is 31.5 Å². The number of ether oxygens (including phenoxy) is 1. The molecule has 1 N–H and O–H groups in total. The van der Waals surface area contributed by atoms with E-state index in [4.69, 9.17) is 16.3 Å². The standard InChI is InChI=1S/C18H17ClF3NO5S2/c19-12-2-1-3-14(10-12)29(24,25)15-4-5-16(18(20,21)22)17(11-15)30(26,27)23-13-6-8-28-9-7-13/h1-5,10-11,13,23H,6-9H2. The number of sulfone groups is 1. The zero-order valence-electron chi connectivity index (χ0n) is 15.3. The van der Waals surface area contributed by atoms with Crippen LogP contribution in [-0.2, 0) is 30.8 Å². The lowest BCUT2D eigenvalue weighted by atomic mass is 10.1. The molecule has 2 aromatic carbocycles. The zero-order valence-corrected chi connectivity index (χ0v) is 17.7. The number of hydrogen-bond acceptors (Lipinski definition) is 5. The average molecular weight is 484 g/mol. The molecule has 0 aromatic heterocycles. The second kappa shape index (κ2) is 8.46. The van der Waals surface area contributed by atoms with Crippen molar-refractivity contribution < 1.29 is 34.7 Å². The Kier molecular flexibility index (Phi) is 6.49. The molecule has 2 aromatic rings. The van der Waals surface area contributed by atoms with Crippen molar-refractivity contribution in [1.82, 2.24) is 4.72 Å². The zero-order chi connectivity index (χ0) is 22.2. The summed E-state index contributed by atoms with van der Waals surface area (Å²) in [5, 5.41) is 0.108. The fourth-order valence-electron chi connectivity index (χ4n) is 2.99. The highest BCUT2D eigenvalue weighted by atomic mass is 35.5. The van der Waals surface area contributed by atoms with Crippen LogP contribution in [0, 0.1) is 0 Å². The number of benzene rings is 2. The smallest absolute Gasteiger partial charge is 0.381 e. The van der Waals surface area contributed by atoms with E-state index in [9.17, 15) is 30.0 Å². The molecule has 0 amide bonds. The second-order valence-corrected chi connectivity index (χ2v) is 10.7. The molecule has 1 saturated heterocycles. The van der Waals surface area contributed by atoms with Gasteiger partial charge in [0.1, 0.15) is 0 Å². The number of sulfonamides is 1. The Morgan fingerprint density at radius 3 is 2.20 bits per heavy atom. The third-order valence-corrected chi connectivity index (χ3v) is 8.05. The van der Waals surface area contributed by atoms with E-state index in [-0.39, 0.29) is 23.1 Å². The van der Waals surface area contributed by atoms with E-state index in [2.05, 4.69) is 4.72 Å². The van der Waals surface area contributed by atoms with E-state index >= 15 is 0 Å². The van der Waals surface area contributed by atoms with Gasteiger partial charge in [0.05, 0.1) is 20.2 Å². The van der Waals surface area contributed by atoms with Gasteiger partial charge < -0.3 is 4.74 Å². The normalized spacial score (nSPS) is 16.5. The maximum Gasteiger partial charge on any atom is 0.417 e. The minimum Gasteiger partial charge on any atom is -0.381 e. The van der Waals surface area contributed by atoms with Gasteiger partial charge in [0.2, 0.25) is 19.9 Å². The van der Waals surface area contributed by atoms with Gasteiger partial charge >= 0.3 is 6.18 Å². The lowest BCUT2D eigenvalue weighted by molar-refractivity contribution is -0.139. The molecular weight excluding hydrogens is 467 g/mol. The fraction of sp³-hybridized carbons (Fsp3) is 0.333. The van der Waals surface area contributed by atoms with Crippen LogP contribution in [0.3, 0.4) is 0 Å². The summed E-state index contributed by atoms with van der Waals surface area (Å²) in [5.74, 6) is 0. The molecule has 0 atom stereocenters. The van der Waals surface area contributed by atoms with Gasteiger partial charge in [-0.3, -0.25) is 0 Å². The minimum absolute atomic E-state index is 0.108. The predicted molar refractivity (Wildman–Crippen MR) is 103 cm³/mol. The summed E-state index contributed by atoms with van der Waals surface area (Å²) in [6, 6.07) is 6.24. The molecule has 0 bridgehead atoms. The Morgan fingerprint density at radius 1 is 0.967 bits per heavy atom. The number of halogens is 4. The van der Waals surface area contributed by atoms with Crippen molar-refractivity contribution in [2.24, 2.45) is 0 Å². The summed E-state index contributed by atoms with van der Waals surface area (Å²) in [5.41, 5.74) is -1.45. The van der Waals surface area contributed by atoms with E-state index in [1.54, 1.807) is 0 Å². The molecule has 1 fully saturated rings. The van der Waals surface area contributed by atoms with Gasteiger partial charge in [-0.1, -0.05) is 17.7 Å². The van der Waals surface area contributed by atoms with E-state index < -0.39 is 47.4 Å². The molecule has 6 nitrogen and oxygen atoms in total. The molecule has 3 rings (SSSR count). The fourth-order valence-corrected chi connectivity index (χ4v) is 6.21. The highest BCUT2D eigenvalue weighted by Crippen LogP contribution is 2.36. The van der Waals surface area contributed by atoms with Crippen LogP contribution in [0.2, 0.25) is 5.02 Å². The molecule has 0 aliphatic carbocycles. The van der Waals surface area contributed by atoms with Crippen molar-refractivity contribution in [2.45, 2.75) is 39.7 Å². The van der Waals surface area contributed by atoms with Crippen LogP contribution in [0.25, 0.3) is 0 Å². The quantitative estimate of drug-likeness (QED) is 0.701. The van der Waals surface area contributed by atoms with Crippen LogP contribution in [0.5, 0.6) is 0 Å². The van der Waals surface area contributed by atoms with Gasteiger partial charge in [0, 0.05) is 24.3 Å². The molecule has 0 spiro atoms. The molecule has 0 unspecified atom stereocenters. The summed E-state index contributed by atoms with van der Waals surface area (Å²) in [6.45, 7) is 0.533. The third-order valence-electron chi connectivity index (χ3n) is 4.51. The first-order valence-corrected chi connectivity index (χ1v) is 12.1. The number of nitrogens with one attached hydrogen (secondary N) is 1. The maximum atomic E-state index is 13.5. The minimum atomic E-state index is -5.00. The summed E-state index contributed by atoms with van der Waals surface area (Å²) < 4.78 is 99.0. The Balaban J connectivity index is 2.11. The van der Waals surface area contributed by atoms with Crippen LogP contribution in [-0.4, -0.2) is 36.1 Å². The number of rotatable bonds is 5. The molecule has 1 aliphatic rings. The largest absolute Gasteiger partial charge is 0.417 e. The predicted octanol–water partition coefficient (Wildman–Crippen LogP) is 3.65. The van der Waals surface area contributed by atoms with Gasteiger partial charge in [-0.25, -0.2) is 21.6 Å². The molecule has 12 heteroatoms. The molecule has 0 saturated carbocycles. The molecule has 1 heterocycles. The molecule has 0 radical (unpaired) electrons. The Bertz CT molecular complexity index is 1140. The van der Waals surface area contributed by atoms with Crippen LogP contribution < -0.4 is 4.72 Å². The molecule has 1 aliphatic heterocycles. The van der Waals surface area contributed by atoms with Gasteiger partial charge in [0.15, 0.2) is 0 Å². The topological polar surface area (TPSA) is 89.5 Å². The summed E-state index contributed by atoms with van der Waals surface area (Å²) in [7, 11) is -8.97. The summed E-state index contributed by atoms with van der Waals surface area (Å²) in [4.78, 5) is -2.01. The monoisotopic (exact) mass is 483 g/mol. The summed E-state index contributed by atoms with van der Waals surface area (Å²) in [6.07, 6.45) is -4.42.